The molecule has 0 fully saturated rings. The molecule has 0 aliphatic carbocycles. The SMILES string of the molecule is CN(C)c1ccc(C(CNS(=O)(=O)c2ccc(F)cc2F)N2CCc3ccccc32)cc1. The Morgan fingerprint density at radius 2 is 1.75 bits per heavy atom. The predicted molar refractivity (Wildman–Crippen MR) is 123 cm³/mol. The quantitative estimate of drug-likeness (QED) is 0.580. The predicted octanol–water partition coefficient (Wildman–Crippen LogP) is 4.11. The number of nitrogens with one attached hydrogen (secondary N) is 1. The summed E-state index contributed by atoms with van der Waals surface area (Å²) in [6, 6.07) is 18.1. The molecule has 5 nitrogen and oxygen atoms in total. The first kappa shape index (κ1) is 22.2. The van der Waals surface area contributed by atoms with Crippen LogP contribution in [-0.2, 0) is 16.4 Å². The lowest BCUT2D eigenvalue weighted by atomic mass is 10.0. The summed E-state index contributed by atoms with van der Waals surface area (Å²) >= 11 is 0. The summed E-state index contributed by atoms with van der Waals surface area (Å²) in [4.78, 5) is 3.59. The van der Waals surface area contributed by atoms with Gasteiger partial charge in [0.15, 0.2) is 0 Å². The minimum absolute atomic E-state index is 0.0365. The summed E-state index contributed by atoms with van der Waals surface area (Å²) in [5.74, 6) is -1.94. The van der Waals surface area contributed by atoms with Crippen molar-refractivity contribution >= 4 is 21.4 Å². The lowest BCUT2D eigenvalue weighted by Gasteiger charge is -2.31. The molecule has 0 saturated heterocycles. The average Bonchev–Trinajstić information content (AvgIpc) is 3.18. The molecule has 1 N–H and O–H groups in total. The molecule has 1 aliphatic heterocycles. The highest BCUT2D eigenvalue weighted by atomic mass is 32.2. The van der Waals surface area contributed by atoms with E-state index in [9.17, 15) is 17.2 Å². The zero-order valence-corrected chi connectivity index (χ0v) is 18.7. The fourth-order valence-electron chi connectivity index (χ4n) is 4.05. The molecule has 1 unspecified atom stereocenters. The molecule has 1 aliphatic rings. The van der Waals surface area contributed by atoms with Crippen LogP contribution >= 0.6 is 0 Å². The maximum Gasteiger partial charge on any atom is 0.243 e. The van der Waals surface area contributed by atoms with E-state index in [0.29, 0.717) is 6.07 Å². The van der Waals surface area contributed by atoms with Crippen LogP contribution in [0, 0.1) is 11.6 Å². The molecular formula is C24H25F2N3O2S. The van der Waals surface area contributed by atoms with Crippen LogP contribution in [0.4, 0.5) is 20.2 Å². The summed E-state index contributed by atoms with van der Waals surface area (Å²) in [7, 11) is -0.260. The highest BCUT2D eigenvalue weighted by Gasteiger charge is 2.29. The minimum Gasteiger partial charge on any atom is -0.378 e. The van der Waals surface area contributed by atoms with Gasteiger partial charge in [-0.05, 0) is 47.9 Å². The molecule has 1 atom stereocenters. The second-order valence-corrected chi connectivity index (χ2v) is 9.74. The van der Waals surface area contributed by atoms with Crippen LogP contribution in [0.1, 0.15) is 17.2 Å². The van der Waals surface area contributed by atoms with Crippen LogP contribution in [-0.4, -0.2) is 35.6 Å². The minimum atomic E-state index is -4.17. The van der Waals surface area contributed by atoms with Crippen molar-refractivity contribution in [1.29, 1.82) is 0 Å². The molecule has 168 valence electrons. The molecule has 0 saturated carbocycles. The number of hydrogen-bond donors (Lipinski definition) is 1. The van der Waals surface area contributed by atoms with Crippen LogP contribution in [0.5, 0.6) is 0 Å². The Balaban J connectivity index is 1.65. The van der Waals surface area contributed by atoms with Gasteiger partial charge in [0, 0.05) is 44.6 Å². The maximum atomic E-state index is 14.1. The van der Waals surface area contributed by atoms with Crippen molar-refractivity contribution in [3.05, 3.63) is 89.5 Å². The lowest BCUT2D eigenvalue weighted by molar-refractivity contribution is 0.536. The first-order chi connectivity index (χ1) is 15.3. The van der Waals surface area contributed by atoms with Crippen molar-refractivity contribution in [1.82, 2.24) is 4.72 Å². The summed E-state index contributed by atoms with van der Waals surface area (Å²) in [5, 5.41) is 0. The first-order valence-electron chi connectivity index (χ1n) is 10.3. The van der Waals surface area contributed by atoms with E-state index in [1.807, 2.05) is 61.5 Å². The van der Waals surface area contributed by atoms with Gasteiger partial charge < -0.3 is 9.80 Å². The number of hydrogen-bond acceptors (Lipinski definition) is 4. The summed E-state index contributed by atoms with van der Waals surface area (Å²) in [6.45, 7) is 0.779. The van der Waals surface area contributed by atoms with Crippen LogP contribution < -0.4 is 14.5 Å². The number of sulfonamides is 1. The molecular weight excluding hydrogens is 432 g/mol. The Hall–Kier alpha value is -2.97. The molecule has 3 aromatic carbocycles. The number of halogens is 2. The van der Waals surface area contributed by atoms with E-state index in [4.69, 9.17) is 0 Å². The van der Waals surface area contributed by atoms with Gasteiger partial charge in [0.2, 0.25) is 10.0 Å². The molecule has 1 heterocycles. The van der Waals surface area contributed by atoms with E-state index in [0.717, 1.165) is 42.0 Å². The third kappa shape index (κ3) is 4.47. The van der Waals surface area contributed by atoms with Gasteiger partial charge in [-0.3, -0.25) is 0 Å². The van der Waals surface area contributed by atoms with Crippen LogP contribution in [0.15, 0.2) is 71.6 Å². The molecule has 0 bridgehead atoms. The number of nitrogens with zero attached hydrogens (tertiary/aromatic N) is 2. The number of benzene rings is 3. The normalized spacial score (nSPS) is 14.3. The van der Waals surface area contributed by atoms with Gasteiger partial charge in [-0.15, -0.1) is 0 Å². The molecule has 0 aromatic heterocycles. The fraction of sp³-hybridized carbons (Fsp3) is 0.250. The standard InChI is InChI=1S/C24H25F2N3O2S/c1-28(2)20-10-7-18(8-11-20)23(29-14-13-17-5-3-4-6-22(17)29)16-27-32(30,31)24-12-9-19(25)15-21(24)26/h3-12,15,23,27H,13-14,16H2,1-2H3. The summed E-state index contributed by atoms with van der Waals surface area (Å²) < 4.78 is 55.5. The zero-order valence-electron chi connectivity index (χ0n) is 17.9. The smallest absolute Gasteiger partial charge is 0.243 e. The maximum absolute atomic E-state index is 14.1. The van der Waals surface area contributed by atoms with E-state index in [-0.39, 0.29) is 12.6 Å². The number of rotatable bonds is 7. The highest BCUT2D eigenvalue weighted by Crippen LogP contribution is 2.35. The van der Waals surface area contributed by atoms with E-state index in [2.05, 4.69) is 15.7 Å². The van der Waals surface area contributed by atoms with Gasteiger partial charge in [0.05, 0.1) is 6.04 Å². The number of para-hydroxylation sites is 1. The Labute approximate surface area is 187 Å². The Morgan fingerprint density at radius 3 is 2.44 bits per heavy atom. The second kappa shape index (κ2) is 8.88. The number of fused-ring (bicyclic) bond motifs is 1. The molecule has 0 amide bonds. The van der Waals surface area contributed by atoms with Gasteiger partial charge >= 0.3 is 0 Å². The Bertz CT molecular complexity index is 1210. The third-order valence-corrected chi connectivity index (χ3v) is 7.20. The molecule has 4 rings (SSSR count). The molecule has 32 heavy (non-hydrogen) atoms. The van der Waals surface area contributed by atoms with Crippen LogP contribution in [0.3, 0.4) is 0 Å². The van der Waals surface area contributed by atoms with Crippen molar-refractivity contribution in [2.24, 2.45) is 0 Å². The van der Waals surface area contributed by atoms with E-state index in [1.54, 1.807) is 0 Å². The van der Waals surface area contributed by atoms with Gasteiger partial charge in [-0.25, -0.2) is 21.9 Å². The van der Waals surface area contributed by atoms with Crippen molar-refractivity contribution in [2.45, 2.75) is 17.4 Å². The summed E-state index contributed by atoms with van der Waals surface area (Å²) in [6.07, 6.45) is 0.863. The van der Waals surface area contributed by atoms with Crippen molar-refractivity contribution < 1.29 is 17.2 Å². The molecule has 0 spiro atoms. The molecule has 3 aromatic rings. The highest BCUT2D eigenvalue weighted by molar-refractivity contribution is 7.89. The van der Waals surface area contributed by atoms with Crippen LogP contribution in [0.25, 0.3) is 0 Å². The van der Waals surface area contributed by atoms with E-state index >= 15 is 0 Å². The largest absolute Gasteiger partial charge is 0.378 e. The van der Waals surface area contributed by atoms with Crippen LogP contribution in [0.2, 0.25) is 0 Å². The average molecular weight is 458 g/mol. The lowest BCUT2D eigenvalue weighted by Crippen LogP contribution is -2.37. The monoisotopic (exact) mass is 457 g/mol. The fourth-order valence-corrected chi connectivity index (χ4v) is 5.15. The molecule has 8 heteroatoms. The number of anilines is 2. The van der Waals surface area contributed by atoms with E-state index < -0.39 is 26.6 Å². The third-order valence-electron chi connectivity index (χ3n) is 5.74. The van der Waals surface area contributed by atoms with E-state index in [1.165, 1.54) is 5.56 Å². The van der Waals surface area contributed by atoms with Crippen molar-refractivity contribution in [3.63, 3.8) is 0 Å². The van der Waals surface area contributed by atoms with Gasteiger partial charge in [-0.2, -0.15) is 0 Å². The van der Waals surface area contributed by atoms with Gasteiger partial charge in [0.25, 0.3) is 0 Å². The van der Waals surface area contributed by atoms with Gasteiger partial charge in [-0.1, -0.05) is 30.3 Å². The Kier molecular flexibility index (Phi) is 6.17. The topological polar surface area (TPSA) is 52.7 Å². The second-order valence-electron chi connectivity index (χ2n) is 8.00. The van der Waals surface area contributed by atoms with Gasteiger partial charge in [0.1, 0.15) is 16.5 Å². The summed E-state index contributed by atoms with van der Waals surface area (Å²) in [5.41, 5.74) is 4.23. The van der Waals surface area contributed by atoms with Crippen molar-refractivity contribution in [2.75, 3.05) is 37.0 Å². The first-order valence-corrected chi connectivity index (χ1v) is 11.8. The Morgan fingerprint density at radius 1 is 1.03 bits per heavy atom. The zero-order chi connectivity index (χ0) is 22.9. The van der Waals surface area contributed by atoms with Crippen molar-refractivity contribution in [3.8, 4) is 0 Å². The molecule has 0 radical (unpaired) electrons.